The highest BCUT2D eigenvalue weighted by Crippen LogP contribution is 2.40. The van der Waals surface area contributed by atoms with Crippen molar-refractivity contribution in [1.82, 2.24) is 9.80 Å². The Morgan fingerprint density at radius 2 is 1.81 bits per heavy atom. The predicted molar refractivity (Wildman–Crippen MR) is 197 cm³/mol. The molecule has 14 atom stereocenters. The molecule has 15 heteroatoms. The van der Waals surface area contributed by atoms with Gasteiger partial charge >= 0.3 is 18.2 Å². The van der Waals surface area contributed by atoms with Crippen LogP contribution in [0.25, 0.3) is 0 Å². The lowest BCUT2D eigenvalue weighted by molar-refractivity contribution is -0.299. The number of likely N-dealkylation sites (N-methyl/N-ethyl adjacent to an activating group) is 2. The van der Waals surface area contributed by atoms with E-state index in [1.807, 2.05) is 58.6 Å². The molecule has 1 aromatic rings. The number of esters is 1. The number of carbonyl (C=O) groups excluding carboxylic acids is 3. The third kappa shape index (κ3) is 9.94. The zero-order chi connectivity index (χ0) is 39.6. The summed E-state index contributed by atoms with van der Waals surface area (Å²) in [6, 6.07) is 5.84. The zero-order valence-corrected chi connectivity index (χ0v) is 33.7. The van der Waals surface area contributed by atoms with E-state index in [-0.39, 0.29) is 36.9 Å². The summed E-state index contributed by atoms with van der Waals surface area (Å²) < 4.78 is 36.5. The van der Waals surface area contributed by atoms with Crippen LogP contribution < -0.4 is 5.32 Å². The van der Waals surface area contributed by atoms with Gasteiger partial charge in [0.25, 0.3) is 0 Å². The van der Waals surface area contributed by atoms with Crippen LogP contribution in [0.5, 0.6) is 0 Å². The molecule has 0 unspecified atom stereocenters. The van der Waals surface area contributed by atoms with Crippen molar-refractivity contribution in [2.75, 3.05) is 33.0 Å². The molecule has 0 spiro atoms. The second kappa shape index (κ2) is 17.4. The summed E-state index contributed by atoms with van der Waals surface area (Å²) >= 11 is 6.16. The molecule has 3 aliphatic heterocycles. The van der Waals surface area contributed by atoms with Crippen molar-refractivity contribution in [3.63, 3.8) is 0 Å². The minimum atomic E-state index is -1.61. The first-order valence-electron chi connectivity index (χ1n) is 18.6. The maximum atomic E-state index is 14.2. The van der Waals surface area contributed by atoms with Crippen molar-refractivity contribution in [2.24, 2.45) is 17.8 Å². The number of nitrogens with zero attached hydrogens (tertiary/aromatic N) is 2. The zero-order valence-electron chi connectivity index (χ0n) is 32.9. The largest absolute Gasteiger partial charge is 0.509 e. The molecule has 3 fully saturated rings. The molecule has 53 heavy (non-hydrogen) atoms. The fourth-order valence-corrected chi connectivity index (χ4v) is 8.57. The minimum absolute atomic E-state index is 0.154. The summed E-state index contributed by atoms with van der Waals surface area (Å²) in [5, 5.41) is 27.0. The summed E-state index contributed by atoms with van der Waals surface area (Å²) in [4.78, 5) is 44.4. The van der Waals surface area contributed by atoms with Gasteiger partial charge in [0.05, 0.1) is 23.7 Å². The second-order valence-electron chi connectivity index (χ2n) is 16.0. The normalized spacial score (nSPS) is 40.6. The van der Waals surface area contributed by atoms with Crippen LogP contribution in [0.2, 0.25) is 5.02 Å². The molecule has 0 aromatic heterocycles. The molecule has 0 saturated carbocycles. The number of hydrogen-bond acceptors (Lipinski definition) is 13. The number of nitrogens with one attached hydrogen (secondary N) is 1. The SMILES string of the molecule is CC[C@H]1OC(=O)[C@H](C)[C@@H](OC(=O)Nc2cccc(Cl)c2)[C@H](C)[C@@H](O[C@@H]2O[C@H](C)C[C@H](N(C)C)[C@H]2O)[C@](C)(O)C[C@@H](C)CN(C)[C@H](C)[C@H]2OC(=O)O[C@@]21C. The number of carbonyl (C=O) groups is 3. The van der Waals surface area contributed by atoms with Crippen molar-refractivity contribution < 1.29 is 53.0 Å². The minimum Gasteiger partial charge on any atom is -0.458 e. The third-order valence-corrected chi connectivity index (χ3v) is 11.4. The maximum Gasteiger partial charge on any atom is 0.509 e. The number of benzene rings is 1. The average Bonchev–Trinajstić information content (AvgIpc) is 3.38. The Labute approximate surface area is 318 Å². The predicted octanol–water partition coefficient (Wildman–Crippen LogP) is 5.07. The van der Waals surface area contributed by atoms with Crippen LogP contribution in [0, 0.1) is 17.8 Å². The molecule has 4 rings (SSSR count). The van der Waals surface area contributed by atoms with Gasteiger partial charge in [-0.3, -0.25) is 15.0 Å². The quantitative estimate of drug-likeness (QED) is 0.260. The van der Waals surface area contributed by atoms with Gasteiger partial charge in [0, 0.05) is 35.3 Å². The van der Waals surface area contributed by atoms with Gasteiger partial charge in [-0.05, 0) is 99.1 Å². The number of aliphatic hydroxyl groups excluding tert-OH is 1. The highest BCUT2D eigenvalue weighted by Gasteiger charge is 2.58. The maximum absolute atomic E-state index is 14.2. The monoisotopic (exact) mass is 769 g/mol. The summed E-state index contributed by atoms with van der Waals surface area (Å²) in [5.74, 6) is -2.89. The molecule has 0 bridgehead atoms. The fourth-order valence-electron chi connectivity index (χ4n) is 8.38. The summed E-state index contributed by atoms with van der Waals surface area (Å²) in [5.41, 5.74) is -2.58. The number of hydrogen-bond donors (Lipinski definition) is 3. The first kappa shape index (κ1) is 43.0. The number of fused-ring (bicyclic) bond motifs is 1. The first-order valence-corrected chi connectivity index (χ1v) is 19.0. The highest BCUT2D eigenvalue weighted by molar-refractivity contribution is 6.30. The summed E-state index contributed by atoms with van der Waals surface area (Å²) in [6.45, 7) is 14.7. The van der Waals surface area contributed by atoms with Crippen molar-refractivity contribution in [1.29, 1.82) is 0 Å². The Morgan fingerprint density at radius 3 is 2.43 bits per heavy atom. The Morgan fingerprint density at radius 1 is 1.13 bits per heavy atom. The molecule has 3 N–H and O–H groups in total. The average molecular weight is 770 g/mol. The molecule has 1 amide bonds. The van der Waals surface area contributed by atoms with E-state index < -0.39 is 78.1 Å². The van der Waals surface area contributed by atoms with Crippen LogP contribution in [0.4, 0.5) is 15.3 Å². The summed E-state index contributed by atoms with van der Waals surface area (Å²) in [6.07, 6.45) is -7.30. The van der Waals surface area contributed by atoms with Crippen LogP contribution in [-0.4, -0.2) is 132 Å². The van der Waals surface area contributed by atoms with Crippen molar-refractivity contribution in [3.8, 4) is 0 Å². The summed E-state index contributed by atoms with van der Waals surface area (Å²) in [7, 11) is 5.62. The molecule has 300 valence electrons. The Hall–Kier alpha value is -2.72. The van der Waals surface area contributed by atoms with Crippen LogP contribution in [0.1, 0.15) is 74.7 Å². The molecular formula is C38H60ClN3O11. The van der Waals surface area contributed by atoms with Crippen molar-refractivity contribution in [3.05, 3.63) is 29.3 Å². The van der Waals surface area contributed by atoms with Gasteiger partial charge in [-0.15, -0.1) is 0 Å². The lowest BCUT2D eigenvalue weighted by Gasteiger charge is -2.47. The smallest absolute Gasteiger partial charge is 0.458 e. The van der Waals surface area contributed by atoms with Gasteiger partial charge in [-0.2, -0.15) is 0 Å². The molecule has 0 radical (unpaired) electrons. The van der Waals surface area contributed by atoms with E-state index in [1.54, 1.807) is 52.0 Å². The lowest BCUT2D eigenvalue weighted by atomic mass is 9.77. The lowest BCUT2D eigenvalue weighted by Crippen LogP contribution is -2.59. The number of aliphatic hydroxyl groups is 2. The molecule has 3 saturated heterocycles. The van der Waals surface area contributed by atoms with Crippen LogP contribution >= 0.6 is 11.6 Å². The number of anilines is 1. The van der Waals surface area contributed by atoms with E-state index in [4.69, 9.17) is 40.0 Å². The molecule has 3 aliphatic rings. The molecule has 0 aliphatic carbocycles. The topological polar surface area (TPSA) is 166 Å². The van der Waals surface area contributed by atoms with Crippen molar-refractivity contribution in [2.45, 2.75) is 141 Å². The number of rotatable bonds is 6. The van der Waals surface area contributed by atoms with E-state index in [0.717, 1.165) is 0 Å². The second-order valence-corrected chi connectivity index (χ2v) is 16.5. The first-order chi connectivity index (χ1) is 24.7. The third-order valence-electron chi connectivity index (χ3n) is 11.2. The number of amides is 1. The van der Waals surface area contributed by atoms with E-state index in [0.29, 0.717) is 23.7 Å². The van der Waals surface area contributed by atoms with E-state index in [2.05, 4.69) is 5.32 Å². The number of ether oxygens (including phenoxy) is 6. The van der Waals surface area contributed by atoms with E-state index in [1.165, 1.54) is 0 Å². The molecule has 14 nitrogen and oxygen atoms in total. The van der Waals surface area contributed by atoms with Gasteiger partial charge in [0.1, 0.15) is 18.3 Å². The fraction of sp³-hybridized carbons (Fsp3) is 0.763. The van der Waals surface area contributed by atoms with E-state index >= 15 is 0 Å². The molecular weight excluding hydrogens is 710 g/mol. The van der Waals surface area contributed by atoms with E-state index in [9.17, 15) is 24.6 Å². The highest BCUT2D eigenvalue weighted by atomic mass is 35.5. The van der Waals surface area contributed by atoms with Gasteiger partial charge in [0.2, 0.25) is 0 Å². The number of halogens is 1. The Kier molecular flexibility index (Phi) is 14.1. The molecule has 3 heterocycles. The standard InChI is InChI=1S/C38H60ClN3O11/c1-12-28-38(8)32(52-36(46)53-38)24(6)42(11)19-20(2)18-37(7,47)31(51-34-29(43)27(41(9)10)16-21(3)48-34)22(4)30(23(5)33(44)49-28)50-35(45)40-26-15-13-14-25(39)17-26/h13-15,17,20-24,27-32,34,43,47H,12,16,18-19H2,1-11H3,(H,40,45)/t20-,21-,22+,23-,24-,27+,28-,29-,30+,31-,32-,34+,37-,38-/m1/s1. The Bertz CT molecular complexity index is 1430. The van der Waals surface area contributed by atoms with Crippen LogP contribution in [0.3, 0.4) is 0 Å². The van der Waals surface area contributed by atoms with Crippen LogP contribution in [0.15, 0.2) is 24.3 Å². The van der Waals surface area contributed by atoms with Gasteiger partial charge < -0.3 is 43.5 Å². The van der Waals surface area contributed by atoms with Crippen molar-refractivity contribution >= 4 is 35.5 Å². The molecule has 1 aromatic carbocycles. The number of cyclic esters (lactones) is 1. The van der Waals surface area contributed by atoms with Gasteiger partial charge in [-0.1, -0.05) is 38.4 Å². The Balaban J connectivity index is 1.80. The van der Waals surface area contributed by atoms with Gasteiger partial charge in [0.15, 0.2) is 18.0 Å². The van der Waals surface area contributed by atoms with Gasteiger partial charge in [-0.25, -0.2) is 9.59 Å². The van der Waals surface area contributed by atoms with Crippen LogP contribution in [-0.2, 0) is 33.2 Å².